The molecule has 2 rings (SSSR count). The SMILES string of the molecule is COc1ccc(C)cc1NC(=O)CSc1nc(C(C)C)cc(=O)[nH]1. The predicted octanol–water partition coefficient (Wildman–Crippen LogP) is 2.94. The van der Waals surface area contributed by atoms with Gasteiger partial charge in [-0.05, 0) is 30.5 Å². The van der Waals surface area contributed by atoms with Crippen molar-refractivity contribution in [3.8, 4) is 5.75 Å². The highest BCUT2D eigenvalue weighted by Crippen LogP contribution is 2.25. The third-order valence-electron chi connectivity index (χ3n) is 3.30. The Morgan fingerprint density at radius 3 is 2.79 bits per heavy atom. The van der Waals surface area contributed by atoms with Crippen molar-refractivity contribution >= 4 is 23.4 Å². The number of anilines is 1. The van der Waals surface area contributed by atoms with Crippen LogP contribution >= 0.6 is 11.8 Å². The second-order valence-corrected chi connectivity index (χ2v) is 6.63. The fourth-order valence-corrected chi connectivity index (χ4v) is 2.74. The van der Waals surface area contributed by atoms with Gasteiger partial charge >= 0.3 is 0 Å². The number of thioether (sulfide) groups is 1. The van der Waals surface area contributed by atoms with Crippen LogP contribution in [0.25, 0.3) is 0 Å². The number of nitrogens with one attached hydrogen (secondary N) is 2. The Hall–Kier alpha value is -2.28. The third-order valence-corrected chi connectivity index (χ3v) is 4.17. The van der Waals surface area contributed by atoms with Gasteiger partial charge in [0, 0.05) is 6.07 Å². The van der Waals surface area contributed by atoms with Gasteiger partial charge in [0.1, 0.15) is 5.75 Å². The molecule has 0 saturated carbocycles. The van der Waals surface area contributed by atoms with Crippen LogP contribution in [-0.2, 0) is 4.79 Å². The Morgan fingerprint density at radius 2 is 2.12 bits per heavy atom. The molecule has 7 heteroatoms. The second kappa shape index (κ2) is 8.01. The number of hydrogen-bond donors (Lipinski definition) is 2. The molecular weight excluding hydrogens is 326 g/mol. The van der Waals surface area contributed by atoms with E-state index in [0.29, 0.717) is 22.3 Å². The maximum Gasteiger partial charge on any atom is 0.251 e. The van der Waals surface area contributed by atoms with Crippen molar-refractivity contribution in [2.75, 3.05) is 18.2 Å². The Bertz CT molecular complexity index is 787. The van der Waals surface area contributed by atoms with Gasteiger partial charge in [-0.3, -0.25) is 9.59 Å². The lowest BCUT2D eigenvalue weighted by Crippen LogP contribution is -2.16. The summed E-state index contributed by atoms with van der Waals surface area (Å²) < 4.78 is 5.24. The van der Waals surface area contributed by atoms with E-state index in [0.717, 1.165) is 5.56 Å². The van der Waals surface area contributed by atoms with Gasteiger partial charge in [-0.25, -0.2) is 4.98 Å². The maximum absolute atomic E-state index is 12.2. The van der Waals surface area contributed by atoms with Crippen molar-refractivity contribution in [3.63, 3.8) is 0 Å². The number of benzene rings is 1. The summed E-state index contributed by atoms with van der Waals surface area (Å²) in [4.78, 5) is 30.8. The number of carbonyl (C=O) groups is 1. The Kier molecular flexibility index (Phi) is 6.03. The van der Waals surface area contributed by atoms with Crippen LogP contribution in [0.1, 0.15) is 31.0 Å². The predicted molar refractivity (Wildman–Crippen MR) is 96.0 cm³/mol. The number of amides is 1. The zero-order chi connectivity index (χ0) is 17.7. The molecule has 2 aromatic rings. The number of rotatable bonds is 6. The lowest BCUT2D eigenvalue weighted by atomic mass is 10.1. The van der Waals surface area contributed by atoms with Gasteiger partial charge in [0.25, 0.3) is 5.56 Å². The van der Waals surface area contributed by atoms with Crippen LogP contribution in [0.5, 0.6) is 5.75 Å². The minimum Gasteiger partial charge on any atom is -0.495 e. The van der Waals surface area contributed by atoms with E-state index in [4.69, 9.17) is 4.74 Å². The molecule has 128 valence electrons. The molecule has 0 atom stereocenters. The van der Waals surface area contributed by atoms with Crippen LogP contribution in [0.2, 0.25) is 0 Å². The minimum absolute atomic E-state index is 0.140. The van der Waals surface area contributed by atoms with Gasteiger partial charge in [-0.2, -0.15) is 0 Å². The number of aryl methyl sites for hydroxylation is 1. The normalized spacial score (nSPS) is 10.7. The summed E-state index contributed by atoms with van der Waals surface area (Å²) >= 11 is 1.19. The number of H-pyrrole nitrogens is 1. The van der Waals surface area contributed by atoms with Crippen LogP contribution in [-0.4, -0.2) is 28.7 Å². The number of ether oxygens (including phenoxy) is 1. The number of hydrogen-bond acceptors (Lipinski definition) is 5. The van der Waals surface area contributed by atoms with E-state index in [1.807, 2.05) is 39.0 Å². The van der Waals surface area contributed by atoms with E-state index in [-0.39, 0.29) is 23.1 Å². The first kappa shape index (κ1) is 18.1. The molecule has 0 radical (unpaired) electrons. The van der Waals surface area contributed by atoms with E-state index >= 15 is 0 Å². The number of nitrogens with zero attached hydrogens (tertiary/aromatic N) is 1. The summed E-state index contributed by atoms with van der Waals surface area (Å²) in [5.74, 6) is 0.701. The Labute approximate surface area is 145 Å². The van der Waals surface area contributed by atoms with Gasteiger partial charge in [0.15, 0.2) is 5.16 Å². The zero-order valence-electron chi connectivity index (χ0n) is 14.2. The van der Waals surface area contributed by atoms with E-state index in [1.54, 1.807) is 7.11 Å². The van der Waals surface area contributed by atoms with E-state index < -0.39 is 0 Å². The molecule has 0 aliphatic carbocycles. The molecule has 0 fully saturated rings. The van der Waals surface area contributed by atoms with E-state index in [9.17, 15) is 9.59 Å². The molecule has 1 amide bonds. The van der Waals surface area contributed by atoms with Crippen molar-refractivity contribution < 1.29 is 9.53 Å². The van der Waals surface area contributed by atoms with Crippen LogP contribution in [0.15, 0.2) is 34.2 Å². The molecule has 0 bridgehead atoms. The summed E-state index contributed by atoms with van der Waals surface area (Å²) in [5.41, 5.74) is 2.15. The molecule has 0 spiro atoms. The molecule has 1 heterocycles. The smallest absolute Gasteiger partial charge is 0.251 e. The largest absolute Gasteiger partial charge is 0.495 e. The highest BCUT2D eigenvalue weighted by atomic mass is 32.2. The molecular formula is C17H21N3O3S. The lowest BCUT2D eigenvalue weighted by Gasteiger charge is -2.11. The summed E-state index contributed by atoms with van der Waals surface area (Å²) in [6.07, 6.45) is 0. The molecule has 6 nitrogen and oxygen atoms in total. The van der Waals surface area contributed by atoms with Crippen LogP contribution in [0.3, 0.4) is 0 Å². The standard InChI is InChI=1S/C17H21N3O3S/c1-10(2)12-8-15(21)20-17(19-12)24-9-16(22)18-13-7-11(3)5-6-14(13)23-4/h5-8,10H,9H2,1-4H3,(H,18,22)(H,19,20,21). The van der Waals surface area contributed by atoms with Crippen LogP contribution in [0.4, 0.5) is 5.69 Å². The molecule has 0 aliphatic rings. The first-order valence-corrected chi connectivity index (χ1v) is 8.56. The van der Waals surface area contributed by atoms with Crippen LogP contribution < -0.4 is 15.6 Å². The van der Waals surface area contributed by atoms with Gasteiger partial charge in [0.2, 0.25) is 5.91 Å². The van der Waals surface area contributed by atoms with Crippen molar-refractivity contribution in [2.24, 2.45) is 0 Å². The fourth-order valence-electron chi connectivity index (χ4n) is 2.06. The third kappa shape index (κ3) is 4.86. The molecule has 0 aliphatic heterocycles. The molecule has 24 heavy (non-hydrogen) atoms. The highest BCUT2D eigenvalue weighted by Gasteiger charge is 2.11. The minimum atomic E-state index is -0.211. The van der Waals surface area contributed by atoms with Gasteiger partial charge in [0.05, 0.1) is 24.2 Å². The summed E-state index contributed by atoms with van der Waals surface area (Å²) in [6, 6.07) is 7.05. The monoisotopic (exact) mass is 347 g/mol. The Morgan fingerprint density at radius 1 is 1.38 bits per heavy atom. The van der Waals surface area contributed by atoms with Crippen LogP contribution in [0, 0.1) is 6.92 Å². The maximum atomic E-state index is 12.2. The van der Waals surface area contributed by atoms with Crippen molar-refractivity contribution in [1.82, 2.24) is 9.97 Å². The number of carbonyl (C=O) groups excluding carboxylic acids is 1. The summed E-state index contributed by atoms with van der Waals surface area (Å²) in [5, 5.41) is 3.26. The lowest BCUT2D eigenvalue weighted by molar-refractivity contribution is -0.113. The number of aromatic amines is 1. The first-order valence-electron chi connectivity index (χ1n) is 7.57. The zero-order valence-corrected chi connectivity index (χ0v) is 15.0. The fraction of sp³-hybridized carbons (Fsp3) is 0.353. The average molecular weight is 347 g/mol. The quantitative estimate of drug-likeness (QED) is 0.620. The summed E-state index contributed by atoms with van der Waals surface area (Å²) in [7, 11) is 1.56. The number of methoxy groups -OCH3 is 1. The molecule has 2 N–H and O–H groups in total. The number of aromatic nitrogens is 2. The summed E-state index contributed by atoms with van der Waals surface area (Å²) in [6.45, 7) is 5.87. The van der Waals surface area contributed by atoms with Crippen molar-refractivity contribution in [1.29, 1.82) is 0 Å². The molecule has 0 saturated heterocycles. The first-order chi connectivity index (χ1) is 11.4. The van der Waals surface area contributed by atoms with Gasteiger partial charge in [-0.1, -0.05) is 31.7 Å². The van der Waals surface area contributed by atoms with Crippen molar-refractivity contribution in [3.05, 3.63) is 45.9 Å². The molecule has 1 aromatic carbocycles. The van der Waals surface area contributed by atoms with E-state index in [1.165, 1.54) is 17.8 Å². The average Bonchev–Trinajstić information content (AvgIpc) is 2.52. The molecule has 0 unspecified atom stereocenters. The second-order valence-electron chi connectivity index (χ2n) is 5.67. The topological polar surface area (TPSA) is 84.1 Å². The van der Waals surface area contributed by atoms with E-state index in [2.05, 4.69) is 15.3 Å². The molecule has 1 aromatic heterocycles. The van der Waals surface area contributed by atoms with Crippen molar-refractivity contribution in [2.45, 2.75) is 31.8 Å². The van der Waals surface area contributed by atoms with Gasteiger partial charge in [-0.15, -0.1) is 0 Å². The highest BCUT2D eigenvalue weighted by molar-refractivity contribution is 7.99. The Balaban J connectivity index is 2.04. The van der Waals surface area contributed by atoms with Gasteiger partial charge < -0.3 is 15.0 Å².